The Balaban J connectivity index is 1.80. The summed E-state index contributed by atoms with van der Waals surface area (Å²) < 4.78 is 70.6. The highest BCUT2D eigenvalue weighted by atomic mass is 31.3. The second-order valence-electron chi connectivity index (χ2n) is 7.11. The van der Waals surface area contributed by atoms with Crippen molar-refractivity contribution in [3.63, 3.8) is 0 Å². The first kappa shape index (κ1) is 26.8. The van der Waals surface area contributed by atoms with Crippen LogP contribution in [0.15, 0.2) is 46.1 Å². The number of alkyl halides is 1. The Morgan fingerprint density at radius 3 is 2.41 bits per heavy atom. The molecule has 2 unspecified atom stereocenters. The van der Waals surface area contributed by atoms with Crippen LogP contribution in [0.1, 0.15) is 18.2 Å². The van der Waals surface area contributed by atoms with Gasteiger partial charge in [0.2, 0.25) is 0 Å². The van der Waals surface area contributed by atoms with Crippen molar-refractivity contribution in [1.82, 2.24) is 9.55 Å². The Bertz CT molecular complexity index is 1290. The first-order valence-corrected chi connectivity index (χ1v) is 14.0. The normalized spacial score (nSPS) is 24.4. The Morgan fingerprint density at radius 1 is 1.15 bits per heavy atom. The van der Waals surface area contributed by atoms with E-state index >= 15 is 0 Å². The number of H-pyrrole nitrogens is 1. The van der Waals surface area contributed by atoms with Crippen molar-refractivity contribution in [2.75, 3.05) is 6.61 Å². The first-order chi connectivity index (χ1) is 15.7. The van der Waals surface area contributed by atoms with E-state index in [4.69, 9.17) is 19.0 Å². The van der Waals surface area contributed by atoms with E-state index < -0.39 is 59.6 Å². The van der Waals surface area contributed by atoms with E-state index in [0.29, 0.717) is 0 Å². The number of rotatable bonds is 9. The van der Waals surface area contributed by atoms with Gasteiger partial charge in [-0.3, -0.25) is 18.9 Å². The first-order valence-electron chi connectivity index (χ1n) is 9.42. The second-order valence-corrected chi connectivity index (χ2v) is 12.1. The van der Waals surface area contributed by atoms with Gasteiger partial charge in [0.05, 0.1) is 11.9 Å². The van der Waals surface area contributed by atoms with E-state index in [1.807, 2.05) is 0 Å². The quantitative estimate of drug-likeness (QED) is 0.329. The monoisotopic (exact) mass is 544 g/mol. The predicted octanol–water partition coefficient (Wildman–Crippen LogP) is 1.23. The topological polar surface area (TPSA) is 204 Å². The zero-order chi connectivity index (χ0) is 25.3. The van der Waals surface area contributed by atoms with Crippen LogP contribution in [-0.4, -0.2) is 43.1 Å². The lowest BCUT2D eigenvalue weighted by Crippen LogP contribution is -2.33. The van der Waals surface area contributed by atoms with Crippen molar-refractivity contribution in [3.05, 3.63) is 62.9 Å². The fraction of sp³-hybridized carbons (Fsp3) is 0.375. The minimum absolute atomic E-state index is 0.170. The Hall–Kier alpha value is -1.76. The molecule has 3 rings (SSSR count). The highest BCUT2D eigenvalue weighted by molar-refractivity contribution is 7.72. The average molecular weight is 544 g/mol. The molecular formula is C16H20FN2O12P3. The molecule has 2 aromatic rings. The lowest BCUT2D eigenvalue weighted by molar-refractivity contribution is -0.0317. The summed E-state index contributed by atoms with van der Waals surface area (Å²) in [5.41, 5.74) is -1.30. The zero-order valence-electron chi connectivity index (χ0n) is 17.3. The molecule has 2 heterocycles. The van der Waals surface area contributed by atoms with Crippen LogP contribution < -0.4 is 16.6 Å². The minimum Gasteiger partial charge on any atom is -0.349 e. The number of ether oxygens (including phenoxy) is 1. The number of hydrogen-bond donors (Lipinski definition) is 4. The van der Waals surface area contributed by atoms with E-state index in [2.05, 4.69) is 13.6 Å². The maximum atomic E-state index is 14.6. The van der Waals surface area contributed by atoms with Gasteiger partial charge >= 0.3 is 28.9 Å². The zero-order valence-corrected chi connectivity index (χ0v) is 20.0. The molecule has 5 atom stereocenters. The molecule has 0 aliphatic carbocycles. The number of aromatic amines is 1. The molecule has 14 nitrogen and oxygen atoms in total. The summed E-state index contributed by atoms with van der Waals surface area (Å²) in [5.74, 6) is 0. The summed E-state index contributed by atoms with van der Waals surface area (Å²) in [6.45, 7) is 0.619. The van der Waals surface area contributed by atoms with E-state index in [0.717, 1.165) is 4.57 Å². The van der Waals surface area contributed by atoms with Crippen molar-refractivity contribution >= 4 is 28.5 Å². The maximum Gasteiger partial charge on any atom is 0.488 e. The molecule has 1 aliphatic heterocycles. The Labute approximate surface area is 190 Å². The Morgan fingerprint density at radius 2 is 1.79 bits per heavy atom. The van der Waals surface area contributed by atoms with Gasteiger partial charge in [0.1, 0.15) is 18.5 Å². The third kappa shape index (κ3) is 6.67. The molecule has 1 aromatic heterocycles. The lowest BCUT2D eigenvalue weighted by atomic mass is 10.2. The molecule has 0 radical (unpaired) electrons. The Kier molecular flexibility index (Phi) is 7.96. The molecule has 34 heavy (non-hydrogen) atoms. The number of benzene rings is 1. The van der Waals surface area contributed by atoms with Crippen LogP contribution >= 0.6 is 23.2 Å². The van der Waals surface area contributed by atoms with Gasteiger partial charge in [-0.1, -0.05) is 18.2 Å². The van der Waals surface area contributed by atoms with Gasteiger partial charge in [0.25, 0.3) is 5.56 Å². The van der Waals surface area contributed by atoms with Crippen LogP contribution in [0, 0.1) is 6.92 Å². The number of aromatic nitrogens is 2. The molecular weight excluding hydrogens is 524 g/mol. The fourth-order valence-electron chi connectivity index (χ4n) is 3.02. The van der Waals surface area contributed by atoms with Crippen molar-refractivity contribution in [2.24, 2.45) is 0 Å². The molecule has 18 heteroatoms. The largest absolute Gasteiger partial charge is 0.488 e. The smallest absolute Gasteiger partial charge is 0.349 e. The lowest BCUT2D eigenvalue weighted by Gasteiger charge is -2.23. The van der Waals surface area contributed by atoms with Crippen LogP contribution in [0.2, 0.25) is 0 Å². The second kappa shape index (κ2) is 10.1. The summed E-state index contributed by atoms with van der Waals surface area (Å²) in [5, 5.41) is -0.295. The third-order valence-corrected chi connectivity index (χ3v) is 9.30. The summed E-state index contributed by atoms with van der Waals surface area (Å²) in [4.78, 5) is 52.8. The van der Waals surface area contributed by atoms with Crippen LogP contribution in [-0.2, 0) is 31.6 Å². The van der Waals surface area contributed by atoms with E-state index in [1.165, 1.54) is 43.5 Å². The minimum atomic E-state index is -5.62. The van der Waals surface area contributed by atoms with Crippen molar-refractivity contribution in [2.45, 2.75) is 31.8 Å². The molecule has 1 aliphatic rings. The molecule has 1 fully saturated rings. The average Bonchev–Trinajstić information content (AvgIpc) is 3.08. The molecule has 1 saturated heterocycles. The number of halogens is 1. The fourth-order valence-corrected chi connectivity index (χ4v) is 7.17. The summed E-state index contributed by atoms with van der Waals surface area (Å²) in [7, 11) is -16.0. The maximum absolute atomic E-state index is 14.6. The van der Waals surface area contributed by atoms with Crippen LogP contribution in [0.3, 0.4) is 0 Å². The van der Waals surface area contributed by atoms with Crippen molar-refractivity contribution in [3.8, 4) is 0 Å². The number of nitrogens with one attached hydrogen (secondary N) is 1. The summed E-state index contributed by atoms with van der Waals surface area (Å²) in [6.07, 6.45) is -3.48. The van der Waals surface area contributed by atoms with Crippen molar-refractivity contribution < 1.29 is 50.6 Å². The number of aryl methyl sites for hydroxylation is 1. The molecule has 0 saturated carbocycles. The van der Waals surface area contributed by atoms with Crippen LogP contribution in [0.5, 0.6) is 0 Å². The summed E-state index contributed by atoms with van der Waals surface area (Å²) in [6, 6.07) is 6.58. The van der Waals surface area contributed by atoms with Gasteiger partial charge in [-0.25, -0.2) is 22.6 Å². The van der Waals surface area contributed by atoms with Crippen molar-refractivity contribution in [1.29, 1.82) is 0 Å². The highest BCUT2D eigenvalue weighted by Crippen LogP contribution is 2.67. The van der Waals surface area contributed by atoms with Gasteiger partial charge in [0.15, 0.2) is 0 Å². The molecule has 1 aromatic carbocycles. The number of nitrogens with zero attached hydrogens (tertiary/aromatic N) is 1. The molecule has 0 spiro atoms. The highest BCUT2D eigenvalue weighted by Gasteiger charge is 2.44. The van der Waals surface area contributed by atoms with Gasteiger partial charge in [-0.15, -0.1) is 0 Å². The third-order valence-electron chi connectivity index (χ3n) is 4.52. The molecule has 0 amide bonds. The SMILES string of the molecule is Cc1cn([C@H]2C[C@H](F)[C@@H](COP(=O)(OP(=O)(O)OP(=O)(O)O)c3ccccc3)O2)c(=O)[nH]c1=O. The summed E-state index contributed by atoms with van der Waals surface area (Å²) >= 11 is 0. The van der Waals surface area contributed by atoms with E-state index in [9.17, 15) is 32.6 Å². The standard InChI is InChI=1S/C16H20FN2O12P3/c1-10-8-19(16(21)18-15(10)20)14-7-12(17)13(29-14)9-28-32(22,11-5-3-2-4-6-11)30-34(26,27)31-33(23,24)25/h2-6,8,12-14H,7,9H2,1H3,(H,26,27)(H,18,20,21)(H2,23,24,25)/t12-,13+,14+,32?/m0/s1. The molecule has 0 bridgehead atoms. The van der Waals surface area contributed by atoms with Crippen LogP contribution in [0.4, 0.5) is 4.39 Å². The van der Waals surface area contributed by atoms with Gasteiger partial charge in [-0.05, 0) is 19.1 Å². The van der Waals surface area contributed by atoms with Gasteiger partial charge in [0, 0.05) is 18.2 Å². The number of hydrogen-bond acceptors (Lipinski definition) is 9. The van der Waals surface area contributed by atoms with Gasteiger partial charge < -0.3 is 23.9 Å². The molecule has 188 valence electrons. The number of phosphoric acid groups is 2. The van der Waals surface area contributed by atoms with Crippen LogP contribution in [0.25, 0.3) is 0 Å². The van der Waals surface area contributed by atoms with Gasteiger partial charge in [-0.2, -0.15) is 4.31 Å². The molecule has 4 N–H and O–H groups in total. The predicted molar refractivity (Wildman–Crippen MR) is 113 cm³/mol. The van der Waals surface area contributed by atoms with E-state index in [1.54, 1.807) is 0 Å². The van der Waals surface area contributed by atoms with E-state index in [-0.39, 0.29) is 17.3 Å².